The van der Waals surface area contributed by atoms with Crippen LogP contribution in [0.4, 0.5) is 4.79 Å². The van der Waals surface area contributed by atoms with Crippen molar-refractivity contribution in [1.82, 2.24) is 19.9 Å². The van der Waals surface area contributed by atoms with Crippen LogP contribution in [-0.4, -0.2) is 52.8 Å². The second kappa shape index (κ2) is 6.50. The maximum absolute atomic E-state index is 12.3. The molecule has 7 heteroatoms. The summed E-state index contributed by atoms with van der Waals surface area (Å²) in [6.07, 6.45) is 0.668. The van der Waals surface area contributed by atoms with Gasteiger partial charge in [-0.25, -0.2) is 9.48 Å². The Kier molecular flexibility index (Phi) is 5.13. The Morgan fingerprint density at radius 1 is 1.29 bits per heavy atom. The molecule has 1 aromatic heterocycles. The van der Waals surface area contributed by atoms with E-state index in [4.69, 9.17) is 4.74 Å². The fourth-order valence-corrected chi connectivity index (χ4v) is 4.88. The van der Waals surface area contributed by atoms with E-state index in [1.165, 1.54) is 11.0 Å². The monoisotopic (exact) mass is 352 g/mol. The van der Waals surface area contributed by atoms with Crippen LogP contribution < -0.4 is 5.32 Å². The van der Waals surface area contributed by atoms with E-state index in [-0.39, 0.29) is 6.09 Å². The average molecular weight is 353 g/mol. The smallest absolute Gasteiger partial charge is 0.410 e. The lowest BCUT2D eigenvalue weighted by atomic mass is 9.94. The molecular weight excluding hydrogens is 320 g/mol. The summed E-state index contributed by atoms with van der Waals surface area (Å²) in [5.41, 5.74) is 0.739. The van der Waals surface area contributed by atoms with Crippen molar-refractivity contribution in [1.29, 1.82) is 0 Å². The standard InChI is InChI=1S/C17H32N4O2Si/c1-12-11-20(16(22)23-17(3,4)5)10-9-14(12)21-13(2)15(18-19-21)24(6,7)8/h12,14H,9-11H2,1-8H3/t12-,14-/m1/s1. The van der Waals surface area contributed by atoms with Gasteiger partial charge in [0.25, 0.3) is 0 Å². The molecule has 0 aliphatic carbocycles. The minimum atomic E-state index is -1.48. The maximum Gasteiger partial charge on any atom is 0.410 e. The molecule has 1 saturated heterocycles. The third-order valence-corrected chi connectivity index (χ3v) is 6.35. The van der Waals surface area contributed by atoms with Gasteiger partial charge in [0.1, 0.15) is 13.7 Å². The Morgan fingerprint density at radius 2 is 1.92 bits per heavy atom. The Labute approximate surface area is 146 Å². The highest BCUT2D eigenvalue weighted by Crippen LogP contribution is 2.29. The zero-order valence-corrected chi connectivity index (χ0v) is 17.4. The zero-order chi connectivity index (χ0) is 18.3. The number of nitrogens with zero attached hydrogens (tertiary/aromatic N) is 4. The Morgan fingerprint density at radius 3 is 2.38 bits per heavy atom. The van der Waals surface area contributed by atoms with E-state index < -0.39 is 13.7 Å². The molecule has 6 nitrogen and oxygen atoms in total. The number of carbonyl (C=O) groups excluding carboxylic acids is 1. The summed E-state index contributed by atoms with van der Waals surface area (Å²) in [7, 11) is -1.48. The molecule has 0 bridgehead atoms. The van der Waals surface area contributed by atoms with Gasteiger partial charge in [-0.2, -0.15) is 0 Å². The number of carbonyl (C=O) groups is 1. The molecule has 2 rings (SSSR count). The van der Waals surface area contributed by atoms with Crippen molar-refractivity contribution in [2.45, 2.75) is 72.3 Å². The maximum atomic E-state index is 12.3. The van der Waals surface area contributed by atoms with Crippen molar-refractivity contribution in [2.24, 2.45) is 5.92 Å². The second-order valence-corrected chi connectivity index (χ2v) is 14.0. The van der Waals surface area contributed by atoms with Gasteiger partial charge in [-0.05, 0) is 40.0 Å². The molecule has 0 aromatic carbocycles. The van der Waals surface area contributed by atoms with E-state index in [2.05, 4.69) is 48.5 Å². The van der Waals surface area contributed by atoms with Crippen molar-refractivity contribution in [2.75, 3.05) is 13.1 Å². The molecule has 0 spiro atoms. The highest BCUT2D eigenvalue weighted by atomic mass is 28.3. The fourth-order valence-electron chi connectivity index (χ4n) is 3.34. The number of rotatable bonds is 2. The first-order valence-corrected chi connectivity index (χ1v) is 12.3. The first-order valence-electron chi connectivity index (χ1n) is 8.80. The van der Waals surface area contributed by atoms with E-state index in [1.807, 2.05) is 25.7 Å². The number of likely N-dealkylation sites (tertiary alicyclic amines) is 1. The van der Waals surface area contributed by atoms with Crippen LogP contribution in [0.2, 0.25) is 19.6 Å². The summed E-state index contributed by atoms with van der Waals surface area (Å²) in [4.78, 5) is 14.1. The van der Waals surface area contributed by atoms with E-state index in [0.717, 1.165) is 6.42 Å². The molecule has 2 heterocycles. The van der Waals surface area contributed by atoms with Crippen LogP contribution in [0.25, 0.3) is 0 Å². The van der Waals surface area contributed by atoms with Gasteiger partial charge in [-0.15, -0.1) is 5.10 Å². The summed E-state index contributed by atoms with van der Waals surface area (Å²) >= 11 is 0. The molecule has 1 amide bonds. The van der Waals surface area contributed by atoms with Crippen LogP contribution in [0.15, 0.2) is 0 Å². The van der Waals surface area contributed by atoms with Gasteiger partial charge in [0.05, 0.1) is 17.1 Å². The topological polar surface area (TPSA) is 60.2 Å². The van der Waals surface area contributed by atoms with Crippen molar-refractivity contribution >= 4 is 19.5 Å². The van der Waals surface area contributed by atoms with E-state index in [9.17, 15) is 4.79 Å². The van der Waals surface area contributed by atoms with Crippen LogP contribution in [0.3, 0.4) is 0 Å². The van der Waals surface area contributed by atoms with Crippen LogP contribution in [-0.2, 0) is 4.74 Å². The minimum absolute atomic E-state index is 0.217. The van der Waals surface area contributed by atoms with Crippen LogP contribution in [0, 0.1) is 12.8 Å². The lowest BCUT2D eigenvalue weighted by molar-refractivity contribution is 0.0116. The molecule has 136 valence electrons. The molecular formula is C17H32N4O2Si. The first kappa shape index (κ1) is 19.0. The molecule has 1 fully saturated rings. The molecule has 0 saturated carbocycles. The van der Waals surface area contributed by atoms with Gasteiger partial charge < -0.3 is 9.64 Å². The third-order valence-electron chi connectivity index (χ3n) is 4.46. The van der Waals surface area contributed by atoms with Gasteiger partial charge in [0.2, 0.25) is 0 Å². The predicted octanol–water partition coefficient (Wildman–Crippen LogP) is 2.95. The fraction of sp³-hybridized carbons (Fsp3) is 0.824. The molecule has 1 aliphatic heterocycles. The molecule has 0 unspecified atom stereocenters. The van der Waals surface area contributed by atoms with Gasteiger partial charge >= 0.3 is 6.09 Å². The Hall–Kier alpha value is -1.37. The average Bonchev–Trinajstić information content (AvgIpc) is 2.78. The molecule has 24 heavy (non-hydrogen) atoms. The van der Waals surface area contributed by atoms with Gasteiger partial charge in [-0.3, -0.25) is 0 Å². The number of aromatic nitrogens is 3. The zero-order valence-electron chi connectivity index (χ0n) is 16.4. The molecule has 0 N–H and O–H groups in total. The summed E-state index contributed by atoms with van der Waals surface area (Å²) in [6, 6.07) is 0.293. The molecule has 0 radical (unpaired) electrons. The largest absolute Gasteiger partial charge is 0.444 e. The van der Waals surface area contributed by atoms with Crippen LogP contribution in [0.1, 0.15) is 45.9 Å². The summed E-state index contributed by atoms with van der Waals surface area (Å²) in [5, 5.41) is 10.1. The van der Waals surface area contributed by atoms with Crippen LogP contribution in [0.5, 0.6) is 0 Å². The van der Waals surface area contributed by atoms with Gasteiger partial charge in [-0.1, -0.05) is 31.8 Å². The van der Waals surface area contributed by atoms with Crippen LogP contribution >= 0.6 is 0 Å². The minimum Gasteiger partial charge on any atom is -0.444 e. The van der Waals surface area contributed by atoms with Crippen molar-refractivity contribution in [3.63, 3.8) is 0 Å². The third kappa shape index (κ3) is 4.17. The van der Waals surface area contributed by atoms with Crippen molar-refractivity contribution in [3.8, 4) is 0 Å². The number of hydrogen-bond acceptors (Lipinski definition) is 4. The van der Waals surface area contributed by atoms with Gasteiger partial charge in [0.15, 0.2) is 0 Å². The second-order valence-electron chi connectivity index (χ2n) is 8.98. The number of amides is 1. The quantitative estimate of drug-likeness (QED) is 0.768. The SMILES string of the molecule is Cc1c([Si](C)(C)C)nnn1[C@@H]1CCN(C(=O)OC(C)(C)C)C[C@H]1C. The predicted molar refractivity (Wildman–Crippen MR) is 98.4 cm³/mol. The highest BCUT2D eigenvalue weighted by molar-refractivity contribution is 6.88. The molecule has 2 atom stereocenters. The van der Waals surface area contributed by atoms with Crippen molar-refractivity contribution < 1.29 is 9.53 Å². The molecule has 1 aliphatic rings. The first-order chi connectivity index (χ1) is 10.9. The van der Waals surface area contributed by atoms with Gasteiger partial charge in [0, 0.05) is 13.1 Å². The van der Waals surface area contributed by atoms with E-state index in [0.29, 0.717) is 25.0 Å². The number of ether oxygens (including phenoxy) is 1. The summed E-state index contributed by atoms with van der Waals surface area (Å²) in [6.45, 7) is 18.3. The molecule has 1 aromatic rings. The number of piperidine rings is 1. The highest BCUT2D eigenvalue weighted by Gasteiger charge is 2.34. The van der Waals surface area contributed by atoms with E-state index >= 15 is 0 Å². The normalized spacial score (nSPS) is 22.6. The summed E-state index contributed by atoms with van der Waals surface area (Å²) < 4.78 is 7.58. The lowest BCUT2D eigenvalue weighted by Gasteiger charge is -2.37. The number of hydrogen-bond donors (Lipinski definition) is 0. The Bertz CT molecular complexity index is 601. The lowest BCUT2D eigenvalue weighted by Crippen LogP contribution is -2.46. The summed E-state index contributed by atoms with van der Waals surface area (Å²) in [5.74, 6) is 0.321. The van der Waals surface area contributed by atoms with Crippen molar-refractivity contribution in [3.05, 3.63) is 5.69 Å². The Balaban J connectivity index is 2.10. The van der Waals surface area contributed by atoms with E-state index in [1.54, 1.807) is 0 Å².